The Kier molecular flexibility index (Phi) is 9.79. The summed E-state index contributed by atoms with van der Waals surface area (Å²) in [6, 6.07) is 64.3. The first-order valence-corrected chi connectivity index (χ1v) is 23.4. The fourth-order valence-electron chi connectivity index (χ4n) is 11.3. The zero-order chi connectivity index (χ0) is 43.4. The molecule has 0 N–H and O–H groups in total. The van der Waals surface area contributed by atoms with Crippen molar-refractivity contribution in [1.29, 1.82) is 0 Å². The van der Waals surface area contributed by atoms with Crippen LogP contribution in [0.25, 0.3) is 77.2 Å². The highest BCUT2D eigenvalue weighted by atomic mass is 15.2. The second-order valence-electron chi connectivity index (χ2n) is 18.5. The van der Waals surface area contributed by atoms with Crippen LogP contribution >= 0.6 is 0 Å². The normalized spacial score (nSPS) is 20.8. The molecule has 0 radical (unpaired) electrons. The van der Waals surface area contributed by atoms with E-state index >= 15 is 0 Å². The van der Waals surface area contributed by atoms with Gasteiger partial charge in [-0.25, -0.2) is 0 Å². The number of benzene rings is 8. The molecule has 65 heavy (non-hydrogen) atoms. The summed E-state index contributed by atoms with van der Waals surface area (Å²) in [4.78, 5) is 2.62. The zero-order valence-electron chi connectivity index (χ0n) is 37.0. The molecule has 4 aliphatic rings. The quantitative estimate of drug-likeness (QED) is 0.145. The number of hydrogen-bond donors (Lipinski definition) is 0. The van der Waals surface area contributed by atoms with Gasteiger partial charge in [-0.05, 0) is 132 Å². The third-order valence-electron chi connectivity index (χ3n) is 14.4. The first-order valence-electron chi connectivity index (χ1n) is 23.4. The van der Waals surface area contributed by atoms with Crippen molar-refractivity contribution >= 4 is 38.4 Å². The fraction of sp³-hybridized carbons (Fsp3) is 0.125. The molecule has 0 amide bonds. The summed E-state index contributed by atoms with van der Waals surface area (Å²) in [6.45, 7) is 4.50. The lowest BCUT2D eigenvalue weighted by Crippen LogP contribution is -2.36. The molecule has 0 saturated carbocycles. The molecule has 1 aliphatic heterocycles. The van der Waals surface area contributed by atoms with Gasteiger partial charge in [0.15, 0.2) is 0 Å². The van der Waals surface area contributed by atoms with Crippen LogP contribution in [0.15, 0.2) is 231 Å². The molecule has 1 fully saturated rings. The second kappa shape index (κ2) is 16.3. The number of hydrogen-bond acceptors (Lipinski definition) is 1. The largest absolute Gasteiger partial charge is 0.357 e. The minimum Gasteiger partial charge on any atom is -0.357 e. The maximum atomic E-state index is 2.62. The monoisotopic (exact) mass is 833 g/mol. The molecule has 1 heterocycles. The molecule has 8 aromatic carbocycles. The van der Waals surface area contributed by atoms with Crippen LogP contribution in [0.4, 0.5) is 5.69 Å². The number of nitrogens with zero attached hydrogens (tertiary/aromatic N) is 1. The Balaban J connectivity index is 1.02. The lowest BCUT2D eigenvalue weighted by atomic mass is 9.80. The van der Waals surface area contributed by atoms with Crippen molar-refractivity contribution in [1.82, 2.24) is 0 Å². The van der Waals surface area contributed by atoms with Gasteiger partial charge in [-0.3, -0.25) is 0 Å². The van der Waals surface area contributed by atoms with Gasteiger partial charge in [0.05, 0.1) is 12.1 Å². The van der Waals surface area contributed by atoms with Crippen molar-refractivity contribution in [2.24, 2.45) is 17.8 Å². The van der Waals surface area contributed by atoms with Crippen LogP contribution in [0.3, 0.4) is 0 Å². The van der Waals surface area contributed by atoms with Crippen molar-refractivity contribution in [3.63, 3.8) is 0 Å². The van der Waals surface area contributed by atoms with Gasteiger partial charge in [0.1, 0.15) is 0 Å². The van der Waals surface area contributed by atoms with Crippen LogP contribution in [0.1, 0.15) is 30.0 Å². The molecule has 0 aromatic heterocycles. The predicted molar refractivity (Wildman–Crippen MR) is 278 cm³/mol. The molecule has 3 aliphatic carbocycles. The Morgan fingerprint density at radius 3 is 1.71 bits per heavy atom. The van der Waals surface area contributed by atoms with Gasteiger partial charge < -0.3 is 4.90 Å². The summed E-state index contributed by atoms with van der Waals surface area (Å²) >= 11 is 0. The number of para-hydroxylation sites is 1. The van der Waals surface area contributed by atoms with Gasteiger partial charge >= 0.3 is 0 Å². The standard InChI is InChI=1S/C64H51N/c1-42-13-11-17-49(37-42)52-32-35-57-59(40-52)63(47-27-23-45(24-28-47)44-15-5-3-6-16-44)56-34-31-53(50-18-12-14-43(2)38-50)41-60(56)64(57)48-29-25-46(26-30-48)51-33-36-62-58(39-51)55-21-9-10-22-61(55)65(62)54-19-7-4-8-20-54/h3-37,39-41,43,55,58,61-62H,38H2,1-2H3. The number of allylic oxidation sites excluding steroid dienone is 8. The van der Waals surface area contributed by atoms with Crippen LogP contribution < -0.4 is 4.90 Å². The molecule has 5 atom stereocenters. The molecule has 1 saturated heterocycles. The highest BCUT2D eigenvalue weighted by Gasteiger charge is 2.46. The maximum absolute atomic E-state index is 2.62. The Bertz CT molecular complexity index is 3300. The summed E-state index contributed by atoms with van der Waals surface area (Å²) in [6.07, 6.45) is 24.6. The summed E-state index contributed by atoms with van der Waals surface area (Å²) in [5.41, 5.74) is 17.7. The number of fused-ring (bicyclic) bond motifs is 5. The Morgan fingerprint density at radius 1 is 0.431 bits per heavy atom. The molecule has 8 aromatic rings. The van der Waals surface area contributed by atoms with Crippen molar-refractivity contribution in [2.75, 3.05) is 4.90 Å². The molecule has 0 spiro atoms. The zero-order valence-corrected chi connectivity index (χ0v) is 37.0. The molecule has 1 heteroatoms. The van der Waals surface area contributed by atoms with E-state index in [2.05, 4.69) is 249 Å². The van der Waals surface area contributed by atoms with E-state index in [1.165, 1.54) is 99.6 Å². The van der Waals surface area contributed by atoms with E-state index < -0.39 is 0 Å². The van der Waals surface area contributed by atoms with Crippen LogP contribution in [-0.4, -0.2) is 12.1 Å². The van der Waals surface area contributed by atoms with E-state index in [1.54, 1.807) is 0 Å². The molecular formula is C64H51N. The highest BCUT2D eigenvalue weighted by Crippen LogP contribution is 2.48. The van der Waals surface area contributed by atoms with E-state index in [9.17, 15) is 0 Å². The van der Waals surface area contributed by atoms with E-state index in [1.807, 2.05) is 0 Å². The molecule has 1 nitrogen and oxygen atoms in total. The van der Waals surface area contributed by atoms with Gasteiger partial charge in [0.2, 0.25) is 0 Å². The number of anilines is 1. The minimum absolute atomic E-state index is 0.310. The average molecular weight is 834 g/mol. The molecule has 312 valence electrons. The fourth-order valence-corrected chi connectivity index (χ4v) is 11.3. The van der Waals surface area contributed by atoms with Gasteiger partial charge in [0, 0.05) is 17.5 Å². The summed E-state index contributed by atoms with van der Waals surface area (Å²) in [7, 11) is 0. The summed E-state index contributed by atoms with van der Waals surface area (Å²) in [5, 5.41) is 5.08. The van der Waals surface area contributed by atoms with Crippen LogP contribution in [-0.2, 0) is 0 Å². The molecule has 5 unspecified atom stereocenters. The van der Waals surface area contributed by atoms with Crippen LogP contribution in [0.2, 0.25) is 0 Å². The molecule has 12 rings (SSSR count). The third-order valence-corrected chi connectivity index (χ3v) is 14.4. The lowest BCUT2D eigenvalue weighted by Gasteiger charge is -2.32. The Morgan fingerprint density at radius 2 is 1.00 bits per heavy atom. The van der Waals surface area contributed by atoms with Crippen LogP contribution in [0.5, 0.6) is 0 Å². The van der Waals surface area contributed by atoms with Crippen molar-refractivity contribution in [3.05, 3.63) is 247 Å². The topological polar surface area (TPSA) is 3.24 Å². The van der Waals surface area contributed by atoms with Crippen molar-refractivity contribution < 1.29 is 0 Å². The average Bonchev–Trinajstić information content (AvgIpc) is 3.70. The summed E-state index contributed by atoms with van der Waals surface area (Å²) < 4.78 is 0. The van der Waals surface area contributed by atoms with Crippen molar-refractivity contribution in [2.45, 2.75) is 32.4 Å². The van der Waals surface area contributed by atoms with Gasteiger partial charge in [0.25, 0.3) is 0 Å². The van der Waals surface area contributed by atoms with Gasteiger partial charge in [-0.15, -0.1) is 0 Å². The van der Waals surface area contributed by atoms with Gasteiger partial charge in [-0.1, -0.05) is 219 Å². The van der Waals surface area contributed by atoms with Gasteiger partial charge in [-0.2, -0.15) is 0 Å². The SMILES string of the molecule is Cc1cccc(-c2ccc3c(-c4ccc(C5=CC6C7C=CC=CC7N(c7ccccc7)C6C=C5)cc4)c4cc(C5=CC=CC(C)C5)ccc4c(-c4ccc(-c5ccccc5)cc4)c3c2)c1. The molecular weight excluding hydrogens is 783 g/mol. The van der Waals surface area contributed by atoms with E-state index in [-0.39, 0.29) is 0 Å². The number of aryl methyl sites for hydroxylation is 1. The van der Waals surface area contributed by atoms with E-state index in [4.69, 9.17) is 0 Å². The Hall–Kier alpha value is -7.48. The maximum Gasteiger partial charge on any atom is 0.0552 e. The molecule has 0 bridgehead atoms. The predicted octanol–water partition coefficient (Wildman–Crippen LogP) is 16.5. The minimum atomic E-state index is 0.310. The van der Waals surface area contributed by atoms with Crippen molar-refractivity contribution in [3.8, 4) is 44.5 Å². The first kappa shape index (κ1) is 39.1. The highest BCUT2D eigenvalue weighted by molar-refractivity contribution is 6.22. The van der Waals surface area contributed by atoms with E-state index in [0.717, 1.165) is 6.42 Å². The van der Waals surface area contributed by atoms with Crippen LogP contribution in [0, 0.1) is 24.7 Å². The van der Waals surface area contributed by atoms with E-state index in [0.29, 0.717) is 29.8 Å². The second-order valence-corrected chi connectivity index (χ2v) is 18.5. The Labute approximate surface area is 383 Å². The number of rotatable bonds is 7. The summed E-state index contributed by atoms with van der Waals surface area (Å²) in [5.74, 6) is 1.32. The smallest absolute Gasteiger partial charge is 0.0552 e. The first-order chi connectivity index (χ1) is 32.0. The third kappa shape index (κ3) is 7.04. The lowest BCUT2D eigenvalue weighted by molar-refractivity contribution is 0.528.